The molecule has 0 radical (unpaired) electrons. The van der Waals surface area contributed by atoms with E-state index in [1.54, 1.807) is 0 Å². The minimum atomic E-state index is -0.177. The van der Waals surface area contributed by atoms with E-state index in [4.69, 9.17) is 5.53 Å². The van der Waals surface area contributed by atoms with Gasteiger partial charge in [0.15, 0.2) is 0 Å². The van der Waals surface area contributed by atoms with Crippen molar-refractivity contribution in [3.63, 3.8) is 0 Å². The van der Waals surface area contributed by atoms with Crippen molar-refractivity contribution in [1.29, 1.82) is 0 Å². The summed E-state index contributed by atoms with van der Waals surface area (Å²) in [4.78, 5) is 18.4. The van der Waals surface area contributed by atoms with Gasteiger partial charge in [0.2, 0.25) is 0 Å². The summed E-state index contributed by atoms with van der Waals surface area (Å²) in [6, 6.07) is 0. The Bertz CT molecular complexity index is 368. The van der Waals surface area contributed by atoms with Crippen molar-refractivity contribution in [2.24, 2.45) is 5.11 Å². The number of hydrogen-bond donors (Lipinski definition) is 1. The van der Waals surface area contributed by atoms with Gasteiger partial charge in [0.1, 0.15) is 4.88 Å². The van der Waals surface area contributed by atoms with Crippen molar-refractivity contribution < 1.29 is 4.79 Å². The lowest BCUT2D eigenvalue weighted by Crippen LogP contribution is -2.25. The quantitative estimate of drug-likeness (QED) is 0.354. The maximum absolute atomic E-state index is 11.3. The summed E-state index contributed by atoms with van der Waals surface area (Å²) in [5.74, 6) is -0.177. The molecule has 0 bridgehead atoms. The van der Waals surface area contributed by atoms with Crippen molar-refractivity contribution in [1.82, 2.24) is 10.3 Å². The van der Waals surface area contributed by atoms with Crippen molar-refractivity contribution in [3.8, 4) is 0 Å². The molecule has 0 fully saturated rings. The zero-order valence-corrected chi connectivity index (χ0v) is 8.41. The number of hydrogen-bond acceptors (Lipinski definition) is 4. The number of thiazole rings is 1. The fourth-order valence-electron chi connectivity index (χ4n) is 0.818. The smallest absolute Gasteiger partial charge is 0.263 e. The van der Waals surface area contributed by atoms with Crippen LogP contribution in [0.5, 0.6) is 0 Å². The lowest BCUT2D eigenvalue weighted by atomic mass is 10.5. The van der Waals surface area contributed by atoms with Crippen LogP contribution in [0.2, 0.25) is 0 Å². The molecule has 1 amide bonds. The van der Waals surface area contributed by atoms with Gasteiger partial charge < -0.3 is 5.32 Å². The van der Waals surface area contributed by atoms with Crippen LogP contribution in [0.1, 0.15) is 14.7 Å². The van der Waals surface area contributed by atoms with E-state index < -0.39 is 0 Å². The van der Waals surface area contributed by atoms with Gasteiger partial charge in [-0.3, -0.25) is 4.79 Å². The minimum absolute atomic E-state index is 0.177. The zero-order valence-electron chi connectivity index (χ0n) is 7.60. The van der Waals surface area contributed by atoms with Crippen LogP contribution in [0.3, 0.4) is 0 Å². The van der Waals surface area contributed by atoms with Gasteiger partial charge in [-0.25, -0.2) is 4.98 Å². The van der Waals surface area contributed by atoms with E-state index in [9.17, 15) is 4.79 Å². The van der Waals surface area contributed by atoms with Gasteiger partial charge in [0, 0.05) is 18.0 Å². The normalized spacial score (nSPS) is 9.21. The molecule has 0 aliphatic heterocycles. The highest BCUT2D eigenvalue weighted by molar-refractivity contribution is 7.13. The third-order valence-corrected chi connectivity index (χ3v) is 2.32. The molecule has 1 heterocycles. The Morgan fingerprint density at radius 2 is 2.64 bits per heavy atom. The molecular formula is C7H9N5OS. The van der Waals surface area contributed by atoms with Crippen LogP contribution in [0, 0.1) is 6.92 Å². The van der Waals surface area contributed by atoms with Crippen LogP contribution < -0.4 is 5.32 Å². The van der Waals surface area contributed by atoms with Crippen LogP contribution in [-0.4, -0.2) is 24.0 Å². The molecule has 1 N–H and O–H groups in total. The highest BCUT2D eigenvalue weighted by atomic mass is 32.1. The molecule has 1 rings (SSSR count). The van der Waals surface area contributed by atoms with Gasteiger partial charge in [-0.2, -0.15) is 0 Å². The molecule has 6 nitrogen and oxygen atoms in total. The van der Waals surface area contributed by atoms with Crippen LogP contribution in [0.25, 0.3) is 10.4 Å². The van der Waals surface area contributed by atoms with Crippen LogP contribution >= 0.6 is 11.3 Å². The van der Waals surface area contributed by atoms with Gasteiger partial charge in [-0.15, -0.1) is 11.3 Å². The van der Waals surface area contributed by atoms with E-state index in [0.29, 0.717) is 11.4 Å². The molecule has 0 aromatic carbocycles. The lowest BCUT2D eigenvalue weighted by molar-refractivity contribution is 0.0958. The van der Waals surface area contributed by atoms with Crippen molar-refractivity contribution >= 4 is 17.2 Å². The number of rotatable bonds is 4. The first-order chi connectivity index (χ1) is 6.74. The fraction of sp³-hybridized carbons (Fsp3) is 0.429. The molecule has 7 heteroatoms. The lowest BCUT2D eigenvalue weighted by Gasteiger charge is -1.98. The maximum atomic E-state index is 11.3. The number of aromatic nitrogens is 1. The summed E-state index contributed by atoms with van der Waals surface area (Å²) in [6.07, 6.45) is 1.53. The molecule has 0 saturated carbocycles. The Labute approximate surface area is 84.6 Å². The number of aryl methyl sites for hydroxylation is 1. The molecule has 14 heavy (non-hydrogen) atoms. The van der Waals surface area contributed by atoms with Crippen LogP contribution in [0.15, 0.2) is 11.3 Å². The first-order valence-electron chi connectivity index (χ1n) is 3.95. The molecule has 0 unspecified atom stereocenters. The topological polar surface area (TPSA) is 90.8 Å². The Kier molecular flexibility index (Phi) is 3.90. The molecule has 1 aromatic heterocycles. The first-order valence-corrected chi connectivity index (χ1v) is 4.77. The first kappa shape index (κ1) is 10.5. The third kappa shape index (κ3) is 3.04. The molecule has 0 aliphatic rings. The Balaban J connectivity index is 2.39. The highest BCUT2D eigenvalue weighted by Crippen LogP contribution is 2.10. The van der Waals surface area contributed by atoms with Crippen LogP contribution in [-0.2, 0) is 0 Å². The summed E-state index contributed by atoms with van der Waals surface area (Å²) < 4.78 is 0. The van der Waals surface area contributed by atoms with E-state index in [0.717, 1.165) is 5.01 Å². The largest absolute Gasteiger partial charge is 0.351 e. The number of nitrogens with zero attached hydrogens (tertiary/aromatic N) is 4. The molecule has 1 aromatic rings. The number of amides is 1. The second-order valence-corrected chi connectivity index (χ2v) is 3.69. The summed E-state index contributed by atoms with van der Waals surface area (Å²) in [6.45, 7) is 2.45. The average Bonchev–Trinajstić information content (AvgIpc) is 2.59. The second kappa shape index (κ2) is 5.21. The summed E-state index contributed by atoms with van der Waals surface area (Å²) in [5, 5.41) is 6.76. The molecule has 74 valence electrons. The van der Waals surface area contributed by atoms with E-state index in [1.165, 1.54) is 17.5 Å². The van der Waals surface area contributed by atoms with E-state index in [1.807, 2.05) is 6.92 Å². The van der Waals surface area contributed by atoms with E-state index >= 15 is 0 Å². The van der Waals surface area contributed by atoms with Gasteiger partial charge in [0.05, 0.1) is 11.2 Å². The number of nitrogens with one attached hydrogen (secondary N) is 1. The number of carbonyl (C=O) groups excluding carboxylic acids is 1. The average molecular weight is 211 g/mol. The van der Waals surface area contributed by atoms with Gasteiger partial charge >= 0.3 is 0 Å². The summed E-state index contributed by atoms with van der Waals surface area (Å²) in [5.41, 5.74) is 7.99. The molecule has 0 spiro atoms. The molecular weight excluding hydrogens is 202 g/mol. The second-order valence-electron chi connectivity index (χ2n) is 2.45. The molecule has 0 atom stereocenters. The predicted molar refractivity (Wildman–Crippen MR) is 53.2 cm³/mol. The highest BCUT2D eigenvalue weighted by Gasteiger charge is 2.06. The monoisotopic (exact) mass is 211 g/mol. The molecule has 0 saturated heterocycles. The maximum Gasteiger partial charge on any atom is 0.263 e. The third-order valence-electron chi connectivity index (χ3n) is 1.41. The summed E-state index contributed by atoms with van der Waals surface area (Å²) >= 11 is 1.33. The standard InChI is InChI=1S/C7H9N5OS/c1-5-10-4-6(14-5)7(13)9-2-3-11-12-8/h4H,2-3H2,1H3,(H,9,13). The number of azide groups is 1. The van der Waals surface area contributed by atoms with Crippen molar-refractivity contribution in [2.75, 3.05) is 13.1 Å². The van der Waals surface area contributed by atoms with Crippen molar-refractivity contribution in [3.05, 3.63) is 26.5 Å². The number of carbonyl (C=O) groups is 1. The van der Waals surface area contributed by atoms with E-state index in [-0.39, 0.29) is 12.5 Å². The van der Waals surface area contributed by atoms with Gasteiger partial charge in [-0.05, 0) is 12.5 Å². The fourth-order valence-corrected chi connectivity index (χ4v) is 1.51. The zero-order chi connectivity index (χ0) is 10.4. The SMILES string of the molecule is Cc1ncc(C(=O)NCCN=[N+]=[N-])s1. The van der Waals surface area contributed by atoms with Crippen LogP contribution in [0.4, 0.5) is 0 Å². The van der Waals surface area contributed by atoms with E-state index in [2.05, 4.69) is 20.3 Å². The summed E-state index contributed by atoms with van der Waals surface area (Å²) in [7, 11) is 0. The Morgan fingerprint density at radius 3 is 3.21 bits per heavy atom. The van der Waals surface area contributed by atoms with Crippen molar-refractivity contribution in [2.45, 2.75) is 6.92 Å². The predicted octanol–water partition coefficient (Wildman–Crippen LogP) is 1.49. The van der Waals surface area contributed by atoms with Gasteiger partial charge in [-0.1, -0.05) is 5.11 Å². The minimum Gasteiger partial charge on any atom is -0.351 e. The van der Waals surface area contributed by atoms with Gasteiger partial charge in [0.25, 0.3) is 5.91 Å². The molecule has 0 aliphatic carbocycles. The Morgan fingerprint density at radius 1 is 1.86 bits per heavy atom. The Hall–Kier alpha value is -1.59.